The summed E-state index contributed by atoms with van der Waals surface area (Å²) < 4.78 is 33.7. The zero-order valence-corrected chi connectivity index (χ0v) is 43.4. The second kappa shape index (κ2) is 43.4. The molecule has 1 saturated carbocycles. The van der Waals surface area contributed by atoms with Gasteiger partial charge in [0.1, 0.15) is 43.2 Å². The molecule has 0 radical (unpaired) electrons. The molecule has 67 heavy (non-hydrogen) atoms. The monoisotopic (exact) mass is 977 g/mol. The van der Waals surface area contributed by atoms with Crippen LogP contribution in [-0.4, -0.2) is 98.3 Å². The van der Waals surface area contributed by atoms with E-state index in [-0.39, 0.29) is 12.8 Å². The first-order valence-electron chi connectivity index (χ1n) is 27.5. The maximum atomic E-state index is 12.9. The van der Waals surface area contributed by atoms with Crippen LogP contribution in [0.4, 0.5) is 0 Å². The summed E-state index contributed by atoms with van der Waals surface area (Å²) in [4.78, 5) is 35.9. The SMILES string of the molecule is CCCCCCCC/C=C/CCCCCCCCCCCCCC(=O)O[C@H](COC(=O)CCCCCCCCCCCCCCCCCCC)COP(=O)(O)OC1C(O)C(O)C(O)[C@@H](O)C1O. The first-order valence-corrected chi connectivity index (χ1v) is 29.0. The number of esters is 2. The van der Waals surface area contributed by atoms with Gasteiger partial charge in [-0.3, -0.25) is 18.6 Å². The largest absolute Gasteiger partial charge is 0.472 e. The number of carbonyl (C=O) groups excluding carboxylic acids is 2. The van der Waals surface area contributed by atoms with Crippen LogP contribution in [0.3, 0.4) is 0 Å². The highest BCUT2D eigenvalue weighted by Gasteiger charge is 2.51. The van der Waals surface area contributed by atoms with E-state index in [0.717, 1.165) is 44.9 Å². The van der Waals surface area contributed by atoms with Crippen LogP contribution in [0.15, 0.2) is 12.2 Å². The number of phosphoric acid groups is 1. The van der Waals surface area contributed by atoms with E-state index in [0.29, 0.717) is 12.8 Å². The Morgan fingerprint density at radius 2 is 0.761 bits per heavy atom. The zero-order valence-electron chi connectivity index (χ0n) is 42.5. The summed E-state index contributed by atoms with van der Waals surface area (Å²) in [5, 5.41) is 50.3. The maximum Gasteiger partial charge on any atom is 0.472 e. The highest BCUT2D eigenvalue weighted by atomic mass is 31.2. The molecule has 0 heterocycles. The normalized spacial score (nSPS) is 21.1. The first kappa shape index (κ1) is 63.6. The molecule has 0 spiro atoms. The minimum Gasteiger partial charge on any atom is -0.462 e. The Morgan fingerprint density at radius 3 is 1.13 bits per heavy atom. The highest BCUT2D eigenvalue weighted by molar-refractivity contribution is 7.47. The Kier molecular flexibility index (Phi) is 41.2. The standard InChI is InChI=1S/C53H101O13P/c1-3-5-7-9-11-13-15-17-19-21-22-23-24-26-28-30-32-34-36-38-40-42-47(55)65-45(44-64-67(61,62)66-53-51(59)49(57)48(56)50(58)52(53)60)43-63-46(54)41-39-37-35-33-31-29-27-25-20-18-16-14-12-10-8-6-4-2/h17,19,45,48-53,56-60H,3-16,18,20-44H2,1-2H3,(H,61,62)/b19-17+/t45-,48?,49-,50?,51?,52?,53?/m1/s1. The molecule has 0 bridgehead atoms. The minimum absolute atomic E-state index is 0.101. The van der Waals surface area contributed by atoms with Crippen molar-refractivity contribution in [2.45, 2.75) is 301 Å². The molecule has 6 N–H and O–H groups in total. The highest BCUT2D eigenvalue weighted by Crippen LogP contribution is 2.47. The van der Waals surface area contributed by atoms with E-state index in [1.165, 1.54) is 173 Å². The lowest BCUT2D eigenvalue weighted by Crippen LogP contribution is -2.64. The number of unbranched alkanes of at least 4 members (excludes halogenated alkanes) is 33. The summed E-state index contributed by atoms with van der Waals surface area (Å²) in [6.45, 7) is 3.35. The van der Waals surface area contributed by atoms with E-state index < -0.39 is 75.7 Å². The Bertz CT molecular complexity index is 1220. The molecular weight excluding hydrogens is 876 g/mol. The van der Waals surface area contributed by atoms with Crippen molar-refractivity contribution < 1.29 is 63.1 Å². The average Bonchev–Trinajstić information content (AvgIpc) is 3.31. The van der Waals surface area contributed by atoms with Crippen molar-refractivity contribution in [2.24, 2.45) is 0 Å². The molecule has 1 fully saturated rings. The number of aliphatic hydroxyl groups excluding tert-OH is 5. The van der Waals surface area contributed by atoms with Crippen molar-refractivity contribution in [1.29, 1.82) is 0 Å². The van der Waals surface area contributed by atoms with Gasteiger partial charge in [0.15, 0.2) is 6.10 Å². The number of rotatable bonds is 47. The molecule has 0 aromatic rings. The van der Waals surface area contributed by atoms with E-state index in [2.05, 4.69) is 26.0 Å². The number of hydrogen-bond donors (Lipinski definition) is 6. The van der Waals surface area contributed by atoms with Crippen LogP contribution in [0.25, 0.3) is 0 Å². The first-order chi connectivity index (χ1) is 32.4. The molecule has 8 atom stereocenters. The van der Waals surface area contributed by atoms with E-state index >= 15 is 0 Å². The van der Waals surface area contributed by atoms with Crippen LogP contribution >= 0.6 is 7.82 Å². The van der Waals surface area contributed by atoms with Crippen molar-refractivity contribution in [2.75, 3.05) is 13.2 Å². The number of hydrogen-bond acceptors (Lipinski definition) is 12. The minimum atomic E-state index is -5.12. The van der Waals surface area contributed by atoms with Crippen LogP contribution in [-0.2, 0) is 32.7 Å². The van der Waals surface area contributed by atoms with Gasteiger partial charge in [0.2, 0.25) is 0 Å². The van der Waals surface area contributed by atoms with Gasteiger partial charge in [0.25, 0.3) is 0 Å². The van der Waals surface area contributed by atoms with Gasteiger partial charge in [-0.05, 0) is 38.5 Å². The number of ether oxygens (including phenoxy) is 2. The van der Waals surface area contributed by atoms with Crippen LogP contribution in [0.1, 0.15) is 258 Å². The summed E-state index contributed by atoms with van der Waals surface area (Å²) in [5.41, 5.74) is 0. The maximum absolute atomic E-state index is 12.9. The third-order valence-corrected chi connectivity index (χ3v) is 14.1. The Labute approximate surface area is 407 Å². The molecule has 0 aromatic heterocycles. The van der Waals surface area contributed by atoms with Crippen molar-refractivity contribution in [3.05, 3.63) is 12.2 Å². The molecule has 1 aliphatic carbocycles. The molecular formula is C53H101O13P. The molecule has 1 rings (SSSR count). The van der Waals surface area contributed by atoms with E-state index in [4.69, 9.17) is 18.5 Å². The van der Waals surface area contributed by atoms with E-state index in [1.807, 2.05) is 0 Å². The number of allylic oxidation sites excluding steroid dienone is 2. The van der Waals surface area contributed by atoms with Gasteiger partial charge in [-0.15, -0.1) is 0 Å². The fraction of sp³-hybridized carbons (Fsp3) is 0.925. The van der Waals surface area contributed by atoms with Crippen molar-refractivity contribution >= 4 is 19.8 Å². The predicted octanol–water partition coefficient (Wildman–Crippen LogP) is 12.2. The zero-order chi connectivity index (χ0) is 49.2. The predicted molar refractivity (Wildman–Crippen MR) is 267 cm³/mol. The average molecular weight is 977 g/mol. The van der Waals surface area contributed by atoms with Gasteiger partial charge in [-0.2, -0.15) is 0 Å². The van der Waals surface area contributed by atoms with Crippen molar-refractivity contribution in [3.8, 4) is 0 Å². The molecule has 396 valence electrons. The summed E-state index contributed by atoms with van der Waals surface area (Å²) in [6, 6.07) is 0. The molecule has 0 amide bonds. The molecule has 6 unspecified atom stereocenters. The quantitative estimate of drug-likeness (QED) is 0.0145. The summed E-state index contributed by atoms with van der Waals surface area (Å²) >= 11 is 0. The number of aliphatic hydroxyl groups is 5. The molecule has 14 heteroatoms. The van der Waals surface area contributed by atoms with Crippen molar-refractivity contribution in [3.63, 3.8) is 0 Å². The lowest BCUT2D eigenvalue weighted by molar-refractivity contribution is -0.220. The van der Waals surface area contributed by atoms with Gasteiger partial charge in [-0.25, -0.2) is 4.57 Å². The molecule has 0 aromatic carbocycles. The van der Waals surface area contributed by atoms with Crippen molar-refractivity contribution in [1.82, 2.24) is 0 Å². The summed E-state index contributed by atoms with van der Waals surface area (Å²) in [7, 11) is -5.12. The second-order valence-electron chi connectivity index (χ2n) is 19.4. The fourth-order valence-electron chi connectivity index (χ4n) is 8.70. The Morgan fingerprint density at radius 1 is 0.448 bits per heavy atom. The van der Waals surface area contributed by atoms with Gasteiger partial charge in [0, 0.05) is 12.8 Å². The Hall–Kier alpha value is -1.41. The van der Waals surface area contributed by atoms with E-state index in [1.54, 1.807) is 0 Å². The third-order valence-electron chi connectivity index (χ3n) is 13.1. The summed E-state index contributed by atoms with van der Waals surface area (Å²) in [6.07, 6.45) is 35.4. The number of carbonyl (C=O) groups is 2. The molecule has 1 aliphatic rings. The Balaban J connectivity index is 2.35. The fourth-order valence-corrected chi connectivity index (χ4v) is 9.67. The summed E-state index contributed by atoms with van der Waals surface area (Å²) in [5.74, 6) is -1.08. The van der Waals surface area contributed by atoms with Crippen LogP contribution in [0.5, 0.6) is 0 Å². The van der Waals surface area contributed by atoms with Gasteiger partial charge in [-0.1, -0.05) is 219 Å². The number of phosphoric ester groups is 1. The van der Waals surface area contributed by atoms with Gasteiger partial charge < -0.3 is 39.9 Å². The molecule has 0 aliphatic heterocycles. The van der Waals surface area contributed by atoms with Crippen LogP contribution < -0.4 is 0 Å². The topological polar surface area (TPSA) is 210 Å². The lowest BCUT2D eigenvalue weighted by atomic mass is 9.85. The van der Waals surface area contributed by atoms with Crippen LogP contribution in [0, 0.1) is 0 Å². The molecule has 0 saturated heterocycles. The molecule has 13 nitrogen and oxygen atoms in total. The van der Waals surface area contributed by atoms with Gasteiger partial charge in [0.05, 0.1) is 6.61 Å². The van der Waals surface area contributed by atoms with E-state index in [9.17, 15) is 44.6 Å². The van der Waals surface area contributed by atoms with Gasteiger partial charge >= 0.3 is 19.8 Å². The van der Waals surface area contributed by atoms with Crippen LogP contribution in [0.2, 0.25) is 0 Å². The second-order valence-corrected chi connectivity index (χ2v) is 20.9. The third kappa shape index (κ3) is 35.4. The lowest BCUT2D eigenvalue weighted by Gasteiger charge is -2.41. The smallest absolute Gasteiger partial charge is 0.462 e.